The Morgan fingerprint density at radius 3 is 1.92 bits per heavy atom. The van der Waals surface area contributed by atoms with Crippen LogP contribution in [0.4, 0.5) is 17.6 Å². The van der Waals surface area contributed by atoms with Crippen LogP contribution in [0.25, 0.3) is 0 Å². The fraction of sp³-hybridized carbons (Fsp3) is 1.00. The molecule has 0 radical (unpaired) electrons. The van der Waals surface area contributed by atoms with Crippen molar-refractivity contribution >= 4 is 0 Å². The predicted molar refractivity (Wildman–Crippen MR) is 36.7 cm³/mol. The fourth-order valence-electron chi connectivity index (χ4n) is 1.65. The summed E-state index contributed by atoms with van der Waals surface area (Å²) in [4.78, 5) is 0. The predicted octanol–water partition coefficient (Wildman–Crippen LogP) is 1.81. The number of rotatable bonds is 1. The first kappa shape index (κ1) is 10.8. The second-order valence-corrected chi connectivity index (χ2v) is 3.47. The summed E-state index contributed by atoms with van der Waals surface area (Å²) in [5.41, 5.74) is 0. The van der Waals surface area contributed by atoms with Gasteiger partial charge in [-0.25, -0.2) is 4.39 Å². The molecule has 0 aliphatic heterocycles. The molecule has 0 spiro atoms. The molecule has 1 rings (SSSR count). The van der Waals surface area contributed by atoms with Crippen LogP contribution in [0, 0.1) is 5.92 Å². The Balaban J connectivity index is 2.45. The molecule has 1 saturated carbocycles. The molecule has 0 aromatic rings. The quantitative estimate of drug-likeness (QED) is 0.590. The minimum atomic E-state index is -4.67. The molecule has 0 amide bonds. The molecule has 0 saturated heterocycles. The zero-order valence-electron chi connectivity index (χ0n) is 6.98. The molecule has 1 nitrogen and oxygen atoms in total. The molecular weight excluding hydrogens is 188 g/mol. The first-order chi connectivity index (χ1) is 5.91. The highest BCUT2D eigenvalue weighted by Crippen LogP contribution is 2.33. The average molecular weight is 199 g/mol. The van der Waals surface area contributed by atoms with Crippen LogP contribution in [0.2, 0.25) is 0 Å². The van der Waals surface area contributed by atoms with Crippen molar-refractivity contribution in [3.05, 3.63) is 0 Å². The topological polar surface area (TPSA) is 23.1 Å². The fourth-order valence-corrected chi connectivity index (χ4v) is 1.65. The lowest BCUT2D eigenvalue weighted by molar-refractivity contribution is -0.494. The molecule has 0 aromatic carbocycles. The van der Waals surface area contributed by atoms with Crippen molar-refractivity contribution in [2.24, 2.45) is 5.92 Å². The maximum absolute atomic E-state index is 12.5. The van der Waals surface area contributed by atoms with Crippen molar-refractivity contribution in [1.82, 2.24) is 0 Å². The summed E-state index contributed by atoms with van der Waals surface area (Å²) in [6, 6.07) is 0. The zero-order chi connectivity index (χ0) is 10.1. The molecule has 1 aliphatic carbocycles. The van der Waals surface area contributed by atoms with Crippen LogP contribution in [-0.2, 0) is 0 Å². The van der Waals surface area contributed by atoms with Gasteiger partial charge in [0.25, 0.3) is 0 Å². The Bertz CT molecular complexity index is 160. The van der Waals surface area contributed by atoms with Gasteiger partial charge in [0.2, 0.25) is 0 Å². The Labute approximate surface area is 73.7 Å². The minimum absolute atomic E-state index is 0.0643. The molecule has 0 aromatic heterocycles. The molecule has 0 bridgehead atoms. The van der Waals surface area contributed by atoms with Gasteiger partial charge in [-0.3, -0.25) is 0 Å². The second-order valence-electron chi connectivity index (χ2n) is 3.47. The monoisotopic (exact) mass is 199 g/mol. The van der Waals surface area contributed by atoms with Crippen molar-refractivity contribution in [3.8, 4) is 0 Å². The molecule has 0 heterocycles. The van der Waals surface area contributed by atoms with Crippen molar-refractivity contribution in [3.63, 3.8) is 0 Å². The van der Waals surface area contributed by atoms with Crippen LogP contribution >= 0.6 is 0 Å². The van der Waals surface area contributed by atoms with E-state index in [2.05, 4.69) is 0 Å². The zero-order valence-corrected chi connectivity index (χ0v) is 6.98. The number of hydrogen-bond donors (Lipinski definition) is 0. The summed E-state index contributed by atoms with van der Waals surface area (Å²) in [5, 5.41) is 10.8. The third kappa shape index (κ3) is 2.83. The first-order valence-corrected chi connectivity index (χ1v) is 4.28. The van der Waals surface area contributed by atoms with E-state index in [1.807, 2.05) is 0 Å². The standard InChI is InChI=1S/C8H11F4O/c9-6-3-1-5(2-4-6)7(13)8(10,11)12/h5-7H,1-4H2/q-1. The van der Waals surface area contributed by atoms with E-state index < -0.39 is 24.4 Å². The molecule has 1 aliphatic rings. The maximum atomic E-state index is 12.5. The van der Waals surface area contributed by atoms with E-state index >= 15 is 0 Å². The Hall–Kier alpha value is -0.320. The molecule has 13 heavy (non-hydrogen) atoms. The van der Waals surface area contributed by atoms with Gasteiger partial charge in [0.1, 0.15) is 6.17 Å². The Morgan fingerprint density at radius 1 is 1.08 bits per heavy atom. The van der Waals surface area contributed by atoms with Gasteiger partial charge in [-0.05, 0) is 37.7 Å². The van der Waals surface area contributed by atoms with Gasteiger partial charge in [0.15, 0.2) is 0 Å². The van der Waals surface area contributed by atoms with E-state index in [9.17, 15) is 22.7 Å². The van der Waals surface area contributed by atoms with E-state index in [0.29, 0.717) is 0 Å². The SMILES string of the molecule is [O-]C(C1CCC(F)CC1)C(F)(F)F. The van der Waals surface area contributed by atoms with Gasteiger partial charge < -0.3 is 5.11 Å². The van der Waals surface area contributed by atoms with Crippen LogP contribution in [0.1, 0.15) is 25.7 Å². The molecule has 5 heteroatoms. The Kier molecular flexibility index (Phi) is 3.16. The van der Waals surface area contributed by atoms with Gasteiger partial charge in [-0.2, -0.15) is 13.2 Å². The van der Waals surface area contributed by atoms with E-state index in [-0.39, 0.29) is 25.7 Å². The minimum Gasteiger partial charge on any atom is -0.845 e. The number of halogens is 4. The van der Waals surface area contributed by atoms with E-state index in [1.165, 1.54) is 0 Å². The van der Waals surface area contributed by atoms with Crippen LogP contribution in [0.15, 0.2) is 0 Å². The molecule has 1 atom stereocenters. The number of alkyl halides is 4. The summed E-state index contributed by atoms with van der Waals surface area (Å²) in [6.45, 7) is 0. The lowest BCUT2D eigenvalue weighted by atomic mass is 9.84. The largest absolute Gasteiger partial charge is 0.845 e. The maximum Gasteiger partial charge on any atom is 0.377 e. The van der Waals surface area contributed by atoms with E-state index in [0.717, 1.165) is 0 Å². The van der Waals surface area contributed by atoms with Crippen LogP contribution in [-0.4, -0.2) is 18.5 Å². The highest BCUT2D eigenvalue weighted by atomic mass is 19.4. The normalized spacial score (nSPS) is 33.0. The number of hydrogen-bond acceptors (Lipinski definition) is 1. The second kappa shape index (κ2) is 3.82. The third-order valence-electron chi connectivity index (χ3n) is 2.45. The van der Waals surface area contributed by atoms with Gasteiger partial charge in [-0.1, -0.05) is 0 Å². The van der Waals surface area contributed by atoms with E-state index in [4.69, 9.17) is 0 Å². The molecule has 78 valence electrons. The van der Waals surface area contributed by atoms with Gasteiger partial charge in [-0.15, -0.1) is 0 Å². The highest BCUT2D eigenvalue weighted by Gasteiger charge is 2.37. The molecular formula is C8H11F4O-. The van der Waals surface area contributed by atoms with Gasteiger partial charge in [0, 0.05) is 0 Å². The molecule has 1 unspecified atom stereocenters. The van der Waals surface area contributed by atoms with Crippen LogP contribution in [0.3, 0.4) is 0 Å². The first-order valence-electron chi connectivity index (χ1n) is 4.28. The Morgan fingerprint density at radius 2 is 1.54 bits per heavy atom. The average Bonchev–Trinajstić information content (AvgIpc) is 2.03. The summed E-state index contributed by atoms with van der Waals surface area (Å²) in [6.07, 6.45) is -7.90. The summed E-state index contributed by atoms with van der Waals surface area (Å²) < 4.78 is 48.3. The van der Waals surface area contributed by atoms with Crippen molar-refractivity contribution in [2.45, 2.75) is 44.1 Å². The van der Waals surface area contributed by atoms with Crippen molar-refractivity contribution < 1.29 is 22.7 Å². The van der Waals surface area contributed by atoms with Crippen molar-refractivity contribution in [2.75, 3.05) is 0 Å². The summed E-state index contributed by atoms with van der Waals surface area (Å²) in [7, 11) is 0. The third-order valence-corrected chi connectivity index (χ3v) is 2.45. The lowest BCUT2D eigenvalue weighted by Gasteiger charge is -2.36. The molecule has 1 fully saturated rings. The van der Waals surface area contributed by atoms with Crippen LogP contribution in [0.5, 0.6) is 0 Å². The summed E-state index contributed by atoms with van der Waals surface area (Å²) in [5.74, 6) is -0.924. The van der Waals surface area contributed by atoms with Crippen LogP contribution < -0.4 is 5.11 Å². The van der Waals surface area contributed by atoms with Crippen molar-refractivity contribution in [1.29, 1.82) is 0 Å². The smallest absolute Gasteiger partial charge is 0.377 e. The lowest BCUT2D eigenvalue weighted by Crippen LogP contribution is -2.47. The van der Waals surface area contributed by atoms with E-state index in [1.54, 1.807) is 0 Å². The van der Waals surface area contributed by atoms with Gasteiger partial charge in [0.05, 0.1) is 0 Å². The summed E-state index contributed by atoms with van der Waals surface area (Å²) >= 11 is 0. The molecule has 0 N–H and O–H groups in total. The highest BCUT2D eigenvalue weighted by molar-refractivity contribution is 4.80. The van der Waals surface area contributed by atoms with Gasteiger partial charge >= 0.3 is 6.18 Å².